The second kappa shape index (κ2) is 6.64. The van der Waals surface area contributed by atoms with Crippen LogP contribution in [0.1, 0.15) is 24.2 Å². The number of hydrogen-bond donors (Lipinski definition) is 0. The molecule has 0 saturated heterocycles. The molecule has 5 heteroatoms. The molecule has 0 aliphatic rings. The molecule has 5 nitrogen and oxygen atoms in total. The Morgan fingerprint density at radius 3 is 2.33 bits per heavy atom. The van der Waals surface area contributed by atoms with Crippen LogP contribution in [0.15, 0.2) is 24.3 Å². The highest BCUT2D eigenvalue weighted by Gasteiger charge is 2.19. The Kier molecular flexibility index (Phi) is 5.17. The summed E-state index contributed by atoms with van der Waals surface area (Å²) in [5.74, 6) is -0.454. The Balaban J connectivity index is 3.01. The third-order valence-electron chi connectivity index (χ3n) is 2.30. The van der Waals surface area contributed by atoms with Crippen LogP contribution in [0, 0.1) is 0 Å². The fourth-order valence-electron chi connectivity index (χ4n) is 1.47. The highest BCUT2D eigenvalue weighted by Crippen LogP contribution is 2.20. The van der Waals surface area contributed by atoms with Crippen LogP contribution in [0.2, 0.25) is 0 Å². The van der Waals surface area contributed by atoms with Gasteiger partial charge in [-0.05, 0) is 26.0 Å². The molecule has 1 aromatic rings. The van der Waals surface area contributed by atoms with Crippen molar-refractivity contribution in [3.63, 3.8) is 0 Å². The Bertz CT molecular complexity index is 431. The van der Waals surface area contributed by atoms with Gasteiger partial charge in [0.05, 0.1) is 24.5 Å². The fraction of sp³-hybridized carbons (Fsp3) is 0.385. The van der Waals surface area contributed by atoms with Crippen molar-refractivity contribution >= 4 is 17.7 Å². The third kappa shape index (κ3) is 3.23. The second-order valence-corrected chi connectivity index (χ2v) is 3.50. The molecule has 0 N–H and O–H groups in total. The van der Waals surface area contributed by atoms with E-state index in [1.54, 1.807) is 45.2 Å². The monoisotopic (exact) mass is 251 g/mol. The van der Waals surface area contributed by atoms with Crippen molar-refractivity contribution in [2.24, 2.45) is 0 Å². The van der Waals surface area contributed by atoms with Gasteiger partial charge in [-0.25, -0.2) is 9.59 Å². The van der Waals surface area contributed by atoms with E-state index in [0.717, 1.165) is 0 Å². The fourth-order valence-corrected chi connectivity index (χ4v) is 1.47. The topological polar surface area (TPSA) is 55.8 Å². The molecule has 0 radical (unpaired) electrons. The molecule has 0 fully saturated rings. The van der Waals surface area contributed by atoms with Gasteiger partial charge in [-0.15, -0.1) is 0 Å². The SMILES string of the molecule is CCOC(=O)c1ccccc1N(C)C(=O)OCC. The van der Waals surface area contributed by atoms with Gasteiger partial charge in [0.1, 0.15) is 0 Å². The van der Waals surface area contributed by atoms with E-state index in [9.17, 15) is 9.59 Å². The van der Waals surface area contributed by atoms with Gasteiger partial charge < -0.3 is 9.47 Å². The number of para-hydroxylation sites is 1. The standard InChI is InChI=1S/C13H17NO4/c1-4-17-12(15)10-8-6-7-9-11(10)14(3)13(16)18-5-2/h6-9H,4-5H2,1-3H3. The summed E-state index contributed by atoms with van der Waals surface area (Å²) in [4.78, 5) is 24.7. The van der Waals surface area contributed by atoms with E-state index in [0.29, 0.717) is 11.3 Å². The average molecular weight is 251 g/mol. The molecule has 1 rings (SSSR count). The zero-order chi connectivity index (χ0) is 13.5. The number of carbonyl (C=O) groups excluding carboxylic acids is 2. The molecule has 0 saturated carbocycles. The lowest BCUT2D eigenvalue weighted by Gasteiger charge is -2.19. The van der Waals surface area contributed by atoms with E-state index in [1.165, 1.54) is 4.90 Å². The third-order valence-corrected chi connectivity index (χ3v) is 2.30. The molecule has 0 atom stereocenters. The summed E-state index contributed by atoms with van der Waals surface area (Å²) in [6.45, 7) is 4.03. The number of carbonyl (C=O) groups is 2. The molecule has 0 spiro atoms. The summed E-state index contributed by atoms with van der Waals surface area (Å²) in [5.41, 5.74) is 0.810. The lowest BCUT2D eigenvalue weighted by atomic mass is 10.1. The van der Waals surface area contributed by atoms with Crippen molar-refractivity contribution < 1.29 is 19.1 Å². The summed E-state index contributed by atoms with van der Waals surface area (Å²) in [6, 6.07) is 6.74. The van der Waals surface area contributed by atoms with Gasteiger partial charge in [0.25, 0.3) is 0 Å². The number of benzene rings is 1. The molecule has 18 heavy (non-hydrogen) atoms. The molecule has 0 aliphatic carbocycles. The van der Waals surface area contributed by atoms with Crippen LogP contribution < -0.4 is 4.90 Å². The summed E-state index contributed by atoms with van der Waals surface area (Å²) < 4.78 is 9.83. The van der Waals surface area contributed by atoms with E-state index in [4.69, 9.17) is 9.47 Å². The van der Waals surface area contributed by atoms with Crippen molar-refractivity contribution in [3.05, 3.63) is 29.8 Å². The predicted octanol–water partition coefficient (Wildman–Crippen LogP) is 2.46. The second-order valence-electron chi connectivity index (χ2n) is 3.50. The number of rotatable bonds is 4. The lowest BCUT2D eigenvalue weighted by Crippen LogP contribution is -2.28. The maximum Gasteiger partial charge on any atom is 0.414 e. The largest absolute Gasteiger partial charge is 0.462 e. The minimum atomic E-state index is -0.505. The van der Waals surface area contributed by atoms with E-state index in [2.05, 4.69) is 0 Å². The number of esters is 1. The Labute approximate surface area is 106 Å². The number of hydrogen-bond acceptors (Lipinski definition) is 4. The Hall–Kier alpha value is -2.04. The maximum absolute atomic E-state index is 11.7. The van der Waals surface area contributed by atoms with Gasteiger partial charge in [0.15, 0.2) is 0 Å². The number of amides is 1. The first-order chi connectivity index (χ1) is 8.61. The van der Waals surface area contributed by atoms with E-state index in [1.807, 2.05) is 0 Å². The first-order valence-electron chi connectivity index (χ1n) is 5.78. The molecular weight excluding hydrogens is 234 g/mol. The van der Waals surface area contributed by atoms with Crippen LogP contribution >= 0.6 is 0 Å². The normalized spacial score (nSPS) is 9.72. The molecule has 0 aromatic heterocycles. The van der Waals surface area contributed by atoms with Gasteiger partial charge >= 0.3 is 12.1 Å². The smallest absolute Gasteiger partial charge is 0.414 e. The van der Waals surface area contributed by atoms with Gasteiger partial charge in [-0.3, -0.25) is 4.90 Å². The van der Waals surface area contributed by atoms with E-state index in [-0.39, 0.29) is 13.2 Å². The summed E-state index contributed by atoms with van der Waals surface area (Å²) in [6.07, 6.45) is -0.505. The molecule has 1 aromatic carbocycles. The molecule has 1 amide bonds. The zero-order valence-corrected chi connectivity index (χ0v) is 10.8. The summed E-state index contributed by atoms with van der Waals surface area (Å²) in [7, 11) is 1.55. The number of anilines is 1. The average Bonchev–Trinajstić information content (AvgIpc) is 2.38. The van der Waals surface area contributed by atoms with Crippen LogP contribution in [0.25, 0.3) is 0 Å². The predicted molar refractivity (Wildman–Crippen MR) is 67.8 cm³/mol. The van der Waals surface area contributed by atoms with Crippen LogP contribution in [0.3, 0.4) is 0 Å². The highest BCUT2D eigenvalue weighted by molar-refractivity contribution is 6.00. The molecule has 98 valence electrons. The van der Waals surface area contributed by atoms with Gasteiger partial charge in [-0.1, -0.05) is 12.1 Å². The molecule has 0 heterocycles. The maximum atomic E-state index is 11.7. The van der Waals surface area contributed by atoms with Crippen molar-refractivity contribution in [2.75, 3.05) is 25.2 Å². The Morgan fingerprint density at radius 2 is 1.72 bits per heavy atom. The van der Waals surface area contributed by atoms with E-state index >= 15 is 0 Å². The molecule has 0 unspecified atom stereocenters. The van der Waals surface area contributed by atoms with Gasteiger partial charge in [-0.2, -0.15) is 0 Å². The van der Waals surface area contributed by atoms with Crippen molar-refractivity contribution in [1.29, 1.82) is 0 Å². The lowest BCUT2D eigenvalue weighted by molar-refractivity contribution is 0.0527. The Morgan fingerprint density at radius 1 is 1.11 bits per heavy atom. The van der Waals surface area contributed by atoms with Gasteiger partial charge in [0, 0.05) is 7.05 Å². The molecule has 0 bridgehead atoms. The summed E-state index contributed by atoms with van der Waals surface area (Å²) in [5, 5.41) is 0. The minimum absolute atomic E-state index is 0.282. The summed E-state index contributed by atoms with van der Waals surface area (Å²) >= 11 is 0. The van der Waals surface area contributed by atoms with Crippen molar-refractivity contribution in [2.45, 2.75) is 13.8 Å². The number of ether oxygens (including phenoxy) is 2. The van der Waals surface area contributed by atoms with Crippen LogP contribution in [0.5, 0.6) is 0 Å². The number of nitrogens with zero attached hydrogens (tertiary/aromatic N) is 1. The van der Waals surface area contributed by atoms with E-state index < -0.39 is 12.1 Å². The van der Waals surface area contributed by atoms with Crippen LogP contribution in [-0.4, -0.2) is 32.3 Å². The zero-order valence-electron chi connectivity index (χ0n) is 10.8. The van der Waals surface area contributed by atoms with Crippen LogP contribution in [-0.2, 0) is 9.47 Å². The first kappa shape index (κ1) is 14.0. The molecule has 0 aliphatic heterocycles. The van der Waals surface area contributed by atoms with Crippen molar-refractivity contribution in [3.8, 4) is 0 Å². The quantitative estimate of drug-likeness (QED) is 0.771. The first-order valence-corrected chi connectivity index (χ1v) is 5.78. The van der Waals surface area contributed by atoms with Crippen molar-refractivity contribution in [1.82, 2.24) is 0 Å². The van der Waals surface area contributed by atoms with Gasteiger partial charge in [0.2, 0.25) is 0 Å². The molecular formula is C13H17NO4. The minimum Gasteiger partial charge on any atom is -0.462 e. The van der Waals surface area contributed by atoms with Crippen LogP contribution in [0.4, 0.5) is 10.5 Å². The highest BCUT2D eigenvalue weighted by atomic mass is 16.6.